The maximum absolute atomic E-state index is 5.30. The second-order valence-corrected chi connectivity index (χ2v) is 18.4. The van der Waals surface area contributed by atoms with Gasteiger partial charge in [0, 0.05) is 58.6 Å². The van der Waals surface area contributed by atoms with Gasteiger partial charge in [0.1, 0.15) is 8.07 Å². The molecule has 0 atom stereocenters. The Morgan fingerprint density at radius 2 is 1.28 bits per heavy atom. The lowest BCUT2D eigenvalue weighted by atomic mass is 10.00. The van der Waals surface area contributed by atoms with Crippen molar-refractivity contribution in [2.24, 2.45) is 0 Å². The van der Waals surface area contributed by atoms with Crippen LogP contribution in [0.15, 0.2) is 140 Å². The molecule has 0 amide bonds. The highest BCUT2D eigenvalue weighted by atomic mass is 32.1. The standard InChI is InChI=1S/C42H29N3SSi/c1-47(2)38-19-11-8-16-31(38)39-40(43-41(44-42(39)47)27-12-4-3-5-13-27)26-20-22-28(23-21-26)45-34-17-9-6-14-29(34)32-24-33-30-15-7-10-18-36(30)46-37(33)25-35(32)45/h3-25H,1-2H3. The van der Waals surface area contributed by atoms with E-state index < -0.39 is 8.07 Å². The SMILES string of the molecule is C[Si]1(C)c2ccccc2-c2c(-c3ccc(-n4c5ccccc5c5cc6c(cc54)sc4ccccc46)cc3)nc(-c3ccccc3)nc21. The fourth-order valence-electron chi connectivity index (χ4n) is 7.70. The van der Waals surface area contributed by atoms with E-state index in [0.717, 1.165) is 28.3 Å². The normalized spacial score (nSPS) is 13.5. The Labute approximate surface area is 277 Å². The van der Waals surface area contributed by atoms with Gasteiger partial charge in [-0.3, -0.25) is 0 Å². The van der Waals surface area contributed by atoms with Gasteiger partial charge in [-0.1, -0.05) is 116 Å². The lowest BCUT2D eigenvalue weighted by Crippen LogP contribution is -2.50. The first kappa shape index (κ1) is 26.8. The lowest BCUT2D eigenvalue weighted by Gasteiger charge is -2.19. The van der Waals surface area contributed by atoms with Crippen LogP contribution < -0.4 is 10.5 Å². The molecule has 47 heavy (non-hydrogen) atoms. The van der Waals surface area contributed by atoms with Crippen molar-refractivity contribution in [3.05, 3.63) is 140 Å². The Balaban J connectivity index is 1.19. The molecular weight excluding hydrogens is 607 g/mol. The largest absolute Gasteiger partial charge is 0.309 e. The number of para-hydroxylation sites is 1. The maximum Gasteiger partial charge on any atom is 0.159 e. The van der Waals surface area contributed by atoms with E-state index in [4.69, 9.17) is 9.97 Å². The van der Waals surface area contributed by atoms with Crippen molar-refractivity contribution in [1.82, 2.24) is 14.5 Å². The Bertz CT molecular complexity index is 2700. The zero-order valence-electron chi connectivity index (χ0n) is 26.0. The summed E-state index contributed by atoms with van der Waals surface area (Å²) in [4.78, 5) is 10.6. The van der Waals surface area contributed by atoms with Crippen LogP contribution in [-0.4, -0.2) is 22.6 Å². The second-order valence-electron chi connectivity index (χ2n) is 13.0. The summed E-state index contributed by atoms with van der Waals surface area (Å²) in [5.74, 6) is 0.798. The van der Waals surface area contributed by atoms with Crippen LogP contribution in [0.2, 0.25) is 13.1 Å². The molecule has 0 saturated carbocycles. The fourth-order valence-corrected chi connectivity index (χ4v) is 11.7. The number of thiophene rings is 1. The molecule has 1 aliphatic heterocycles. The Hall–Kier alpha value is -5.36. The van der Waals surface area contributed by atoms with Crippen molar-refractivity contribution in [3.8, 4) is 39.5 Å². The molecule has 0 radical (unpaired) electrons. The number of fused-ring (bicyclic) bond motifs is 9. The van der Waals surface area contributed by atoms with Gasteiger partial charge in [0.2, 0.25) is 0 Å². The van der Waals surface area contributed by atoms with Crippen molar-refractivity contribution in [2.75, 3.05) is 0 Å². The van der Waals surface area contributed by atoms with Crippen molar-refractivity contribution < 1.29 is 0 Å². The average Bonchev–Trinajstić information content (AvgIpc) is 3.72. The molecule has 0 aliphatic carbocycles. The topological polar surface area (TPSA) is 30.7 Å². The van der Waals surface area contributed by atoms with Gasteiger partial charge in [0.15, 0.2) is 5.82 Å². The number of benzene rings is 6. The molecule has 1 aliphatic rings. The van der Waals surface area contributed by atoms with Crippen LogP contribution in [0.4, 0.5) is 0 Å². The third-order valence-corrected chi connectivity index (χ3v) is 14.4. The third-order valence-electron chi connectivity index (χ3n) is 9.97. The van der Waals surface area contributed by atoms with Crippen LogP contribution in [0, 0.1) is 0 Å². The number of hydrogen-bond donors (Lipinski definition) is 0. The van der Waals surface area contributed by atoms with Crippen molar-refractivity contribution in [3.63, 3.8) is 0 Å². The van der Waals surface area contributed by atoms with E-state index >= 15 is 0 Å². The van der Waals surface area contributed by atoms with Gasteiger partial charge in [-0.2, -0.15) is 0 Å². The molecule has 10 rings (SSSR count). The number of hydrogen-bond acceptors (Lipinski definition) is 3. The van der Waals surface area contributed by atoms with Crippen LogP contribution >= 0.6 is 11.3 Å². The Morgan fingerprint density at radius 1 is 0.553 bits per heavy atom. The molecule has 0 spiro atoms. The third kappa shape index (κ3) is 3.84. The summed E-state index contributed by atoms with van der Waals surface area (Å²) in [6, 6.07) is 50.6. The summed E-state index contributed by atoms with van der Waals surface area (Å²) in [7, 11) is -2.02. The Kier molecular flexibility index (Phi) is 5.60. The predicted octanol–water partition coefficient (Wildman–Crippen LogP) is 10.1. The van der Waals surface area contributed by atoms with Gasteiger partial charge in [-0.05, 0) is 47.1 Å². The first-order valence-electron chi connectivity index (χ1n) is 16.1. The molecule has 5 heteroatoms. The highest BCUT2D eigenvalue weighted by molar-refractivity contribution is 7.25. The summed E-state index contributed by atoms with van der Waals surface area (Å²) in [6.07, 6.45) is 0. The summed E-state index contributed by atoms with van der Waals surface area (Å²) < 4.78 is 5.06. The predicted molar refractivity (Wildman–Crippen MR) is 202 cm³/mol. The summed E-state index contributed by atoms with van der Waals surface area (Å²) in [5, 5.41) is 7.87. The van der Waals surface area contributed by atoms with E-state index in [1.807, 2.05) is 17.4 Å². The monoisotopic (exact) mass is 635 g/mol. The van der Waals surface area contributed by atoms with Gasteiger partial charge in [0.25, 0.3) is 0 Å². The minimum atomic E-state index is -2.02. The van der Waals surface area contributed by atoms with Crippen LogP contribution in [0.25, 0.3) is 81.4 Å². The molecule has 3 nitrogen and oxygen atoms in total. The van der Waals surface area contributed by atoms with E-state index in [0.29, 0.717) is 0 Å². The van der Waals surface area contributed by atoms with Gasteiger partial charge >= 0.3 is 0 Å². The average molecular weight is 636 g/mol. The van der Waals surface area contributed by atoms with E-state index in [2.05, 4.69) is 151 Å². The van der Waals surface area contributed by atoms with E-state index in [1.54, 1.807) is 0 Å². The molecule has 0 fully saturated rings. The minimum Gasteiger partial charge on any atom is -0.309 e. The highest BCUT2D eigenvalue weighted by Gasteiger charge is 2.41. The molecule has 0 unspecified atom stereocenters. The molecule has 0 saturated heterocycles. The molecule has 0 N–H and O–H groups in total. The van der Waals surface area contributed by atoms with Crippen LogP contribution in [0.5, 0.6) is 0 Å². The van der Waals surface area contributed by atoms with E-state index in [9.17, 15) is 0 Å². The maximum atomic E-state index is 5.30. The smallest absolute Gasteiger partial charge is 0.159 e. The number of nitrogens with zero attached hydrogens (tertiary/aromatic N) is 3. The summed E-state index contributed by atoms with van der Waals surface area (Å²) in [5.41, 5.74) is 9.25. The molecule has 3 aromatic heterocycles. The van der Waals surface area contributed by atoms with Gasteiger partial charge < -0.3 is 4.57 Å². The first-order valence-corrected chi connectivity index (χ1v) is 19.9. The van der Waals surface area contributed by atoms with Crippen molar-refractivity contribution in [2.45, 2.75) is 13.1 Å². The second kappa shape index (κ2) is 9.82. The molecule has 9 aromatic rings. The Morgan fingerprint density at radius 3 is 2.13 bits per heavy atom. The minimum absolute atomic E-state index is 0.798. The van der Waals surface area contributed by atoms with E-state index in [-0.39, 0.29) is 0 Å². The molecule has 4 heterocycles. The number of aromatic nitrogens is 3. The molecule has 0 bridgehead atoms. The highest BCUT2D eigenvalue weighted by Crippen LogP contribution is 2.41. The summed E-state index contributed by atoms with van der Waals surface area (Å²) in [6.45, 7) is 4.84. The van der Waals surface area contributed by atoms with Gasteiger partial charge in [0.05, 0.1) is 16.7 Å². The van der Waals surface area contributed by atoms with Crippen LogP contribution in [-0.2, 0) is 0 Å². The molecule has 222 valence electrons. The first-order chi connectivity index (χ1) is 23.1. The zero-order valence-corrected chi connectivity index (χ0v) is 27.8. The van der Waals surface area contributed by atoms with Gasteiger partial charge in [-0.25, -0.2) is 9.97 Å². The van der Waals surface area contributed by atoms with Crippen molar-refractivity contribution >= 4 is 71.9 Å². The number of rotatable bonds is 3. The quantitative estimate of drug-likeness (QED) is 0.181. The fraction of sp³-hybridized carbons (Fsp3) is 0.0476. The molecular formula is C42H29N3SSi. The van der Waals surface area contributed by atoms with Crippen LogP contribution in [0.1, 0.15) is 0 Å². The molecule has 6 aromatic carbocycles. The lowest BCUT2D eigenvalue weighted by molar-refractivity contribution is 1.18. The van der Waals surface area contributed by atoms with E-state index in [1.165, 1.54) is 63.6 Å². The van der Waals surface area contributed by atoms with Crippen LogP contribution in [0.3, 0.4) is 0 Å². The summed E-state index contributed by atoms with van der Waals surface area (Å²) >= 11 is 1.87. The van der Waals surface area contributed by atoms with Gasteiger partial charge in [-0.15, -0.1) is 11.3 Å². The zero-order chi connectivity index (χ0) is 31.3. The van der Waals surface area contributed by atoms with Crippen molar-refractivity contribution in [1.29, 1.82) is 0 Å².